The van der Waals surface area contributed by atoms with E-state index >= 15 is 0 Å². The zero-order valence-electron chi connectivity index (χ0n) is 6.33. The van der Waals surface area contributed by atoms with E-state index in [2.05, 4.69) is 9.97 Å². The van der Waals surface area contributed by atoms with Gasteiger partial charge in [-0.05, 0) is 0 Å². The summed E-state index contributed by atoms with van der Waals surface area (Å²) in [6.45, 7) is 0. The Morgan fingerprint density at radius 1 is 1.42 bits per heavy atom. The lowest BCUT2D eigenvalue weighted by Crippen LogP contribution is -1.87. The predicted octanol–water partition coefficient (Wildman–Crippen LogP) is -0.0798. The fourth-order valence-electron chi connectivity index (χ4n) is 0.462. The summed E-state index contributed by atoms with van der Waals surface area (Å²) in [5, 5.41) is 0. The normalized spacial score (nSPS) is 6.75. The number of aromatic nitrogens is 2. The zero-order chi connectivity index (χ0) is 6.69. The van der Waals surface area contributed by atoms with Crippen molar-refractivity contribution in [2.45, 2.75) is 0 Å². The molecule has 0 spiro atoms. The van der Waals surface area contributed by atoms with E-state index in [9.17, 15) is 0 Å². The van der Waals surface area contributed by atoms with Crippen LogP contribution in [0.25, 0.3) is 0 Å². The Kier molecular flexibility index (Phi) is 12.2. The minimum Gasteiger partial charge on any atom is -0.481 e. The Labute approximate surface area is 80.8 Å². The van der Waals surface area contributed by atoms with Gasteiger partial charge < -0.3 is 20.7 Å². The highest BCUT2D eigenvalue weighted by molar-refractivity contribution is 7.71. The number of H-pyrrole nitrogens is 1. The van der Waals surface area contributed by atoms with E-state index in [4.69, 9.17) is 17.0 Å². The van der Waals surface area contributed by atoms with Crippen LogP contribution in [-0.2, 0) is 0 Å². The lowest BCUT2D eigenvalue weighted by atomic mass is 10.7. The number of hydrogen-bond donors (Lipinski definition) is 1. The molecule has 72 valence electrons. The summed E-state index contributed by atoms with van der Waals surface area (Å²) in [6, 6.07) is 0. The number of hydrogen-bond acceptors (Lipinski definition) is 3. The maximum Gasteiger partial charge on any atom is 0.210 e. The maximum absolute atomic E-state index is 4.81. The number of methoxy groups -OCH3 is 1. The van der Waals surface area contributed by atoms with Crippen molar-refractivity contribution in [2.75, 3.05) is 7.11 Å². The smallest absolute Gasteiger partial charge is 0.210 e. The van der Waals surface area contributed by atoms with Crippen molar-refractivity contribution < 1.29 is 15.7 Å². The third-order valence-corrected chi connectivity index (χ3v) is 1.06. The predicted molar refractivity (Wildman–Crippen MR) is 50.4 cm³/mol. The first-order valence-corrected chi connectivity index (χ1v) is 2.82. The van der Waals surface area contributed by atoms with E-state index in [-0.39, 0.29) is 23.4 Å². The van der Waals surface area contributed by atoms with E-state index in [0.717, 1.165) is 0 Å². The Morgan fingerprint density at radius 3 is 2.33 bits per heavy atom. The highest BCUT2D eigenvalue weighted by Crippen LogP contribution is 1.98. The molecule has 0 amide bonds. The highest BCUT2D eigenvalue weighted by atomic mass is 35.5. The first-order valence-electron chi connectivity index (χ1n) is 2.41. The van der Waals surface area contributed by atoms with Crippen LogP contribution >= 0.6 is 24.6 Å². The topological polar surface area (TPSA) is 101 Å². The fourth-order valence-corrected chi connectivity index (χ4v) is 0.624. The number of nitrogens with zero attached hydrogens (tertiary/aromatic N) is 1. The molecule has 1 aromatic rings. The van der Waals surface area contributed by atoms with Gasteiger partial charge in [-0.2, -0.15) is 0 Å². The molecule has 0 unspecified atom stereocenters. The van der Waals surface area contributed by atoms with Crippen molar-refractivity contribution in [1.29, 1.82) is 0 Å². The Morgan fingerprint density at radius 2 is 2.00 bits per heavy atom. The number of rotatable bonds is 1. The quantitative estimate of drug-likeness (QED) is 0.662. The van der Waals surface area contributed by atoms with Crippen LogP contribution in [0.5, 0.6) is 5.88 Å². The molecule has 5 nitrogen and oxygen atoms in total. The van der Waals surface area contributed by atoms with Crippen molar-refractivity contribution >= 4 is 24.6 Å². The van der Waals surface area contributed by atoms with Crippen LogP contribution in [0.4, 0.5) is 0 Å². The van der Waals surface area contributed by atoms with Crippen LogP contribution in [0.3, 0.4) is 0 Å². The van der Waals surface area contributed by atoms with Gasteiger partial charge in [0.2, 0.25) is 5.88 Å². The van der Waals surface area contributed by atoms with E-state index in [1.54, 1.807) is 19.5 Å². The van der Waals surface area contributed by atoms with E-state index in [1.165, 1.54) is 0 Å². The highest BCUT2D eigenvalue weighted by Gasteiger charge is 1.84. The summed E-state index contributed by atoms with van der Waals surface area (Å²) in [5.41, 5.74) is 0. The van der Waals surface area contributed by atoms with E-state index < -0.39 is 0 Å². The second-order valence-electron chi connectivity index (χ2n) is 1.46. The Hall–Kier alpha value is -0.690. The third kappa shape index (κ3) is 5.03. The van der Waals surface area contributed by atoms with Gasteiger partial charge in [-0.3, -0.25) is 4.98 Å². The average molecular weight is 215 g/mol. The molecule has 0 radical (unpaired) electrons. The molecule has 1 heterocycles. The number of nitrogens with one attached hydrogen (secondary N) is 1. The molecule has 12 heavy (non-hydrogen) atoms. The van der Waals surface area contributed by atoms with Gasteiger partial charge in [-0.15, -0.1) is 12.4 Å². The van der Waals surface area contributed by atoms with Gasteiger partial charge in [-0.1, -0.05) is 12.2 Å². The SMILES string of the molecule is COc1cncc(=S)[nH]1.Cl.O.O. The number of halogens is 1. The molecular weight excluding hydrogens is 204 g/mol. The van der Waals surface area contributed by atoms with Gasteiger partial charge in [0, 0.05) is 0 Å². The first kappa shape index (κ1) is 17.4. The van der Waals surface area contributed by atoms with Crippen LogP contribution < -0.4 is 4.74 Å². The monoisotopic (exact) mass is 214 g/mol. The molecule has 0 aromatic carbocycles. The summed E-state index contributed by atoms with van der Waals surface area (Å²) < 4.78 is 5.39. The van der Waals surface area contributed by atoms with Gasteiger partial charge in [0.05, 0.1) is 19.5 Å². The van der Waals surface area contributed by atoms with Crippen molar-refractivity contribution in [2.24, 2.45) is 0 Å². The third-order valence-electron chi connectivity index (χ3n) is 0.850. The second kappa shape index (κ2) is 8.41. The minimum absolute atomic E-state index is 0. The standard InChI is InChI=1S/C5H6N2OS.ClH.2H2O/c1-8-4-2-6-3-5(9)7-4;;;/h2-3H,1H3,(H,7,9);1H;2*1H2. The van der Waals surface area contributed by atoms with Crippen LogP contribution in [0.1, 0.15) is 0 Å². The van der Waals surface area contributed by atoms with Gasteiger partial charge in [0.15, 0.2) is 0 Å². The first-order chi connectivity index (χ1) is 4.33. The average Bonchev–Trinajstić information content (AvgIpc) is 1.88. The number of aromatic amines is 1. The molecule has 0 atom stereocenters. The zero-order valence-corrected chi connectivity index (χ0v) is 7.96. The molecule has 0 saturated carbocycles. The molecule has 0 aliphatic heterocycles. The van der Waals surface area contributed by atoms with Crippen molar-refractivity contribution in [3.05, 3.63) is 17.0 Å². The lowest BCUT2D eigenvalue weighted by molar-refractivity contribution is 0.395. The van der Waals surface area contributed by atoms with Crippen LogP contribution in [-0.4, -0.2) is 28.0 Å². The summed E-state index contributed by atoms with van der Waals surface area (Å²) >= 11 is 4.77. The molecule has 7 heteroatoms. The summed E-state index contributed by atoms with van der Waals surface area (Å²) in [6.07, 6.45) is 3.12. The number of ether oxygens (including phenoxy) is 1. The minimum atomic E-state index is 0. The summed E-state index contributed by atoms with van der Waals surface area (Å²) in [4.78, 5) is 6.58. The van der Waals surface area contributed by atoms with Gasteiger partial charge >= 0.3 is 0 Å². The van der Waals surface area contributed by atoms with Gasteiger partial charge in [-0.25, -0.2) is 0 Å². The molecule has 0 saturated heterocycles. The Balaban J connectivity index is -0.000000270. The molecule has 0 fully saturated rings. The largest absolute Gasteiger partial charge is 0.481 e. The molecule has 1 aromatic heterocycles. The van der Waals surface area contributed by atoms with Crippen molar-refractivity contribution in [3.63, 3.8) is 0 Å². The second-order valence-corrected chi connectivity index (χ2v) is 1.90. The van der Waals surface area contributed by atoms with Crippen LogP contribution in [0.15, 0.2) is 12.4 Å². The van der Waals surface area contributed by atoms with E-state index in [1.807, 2.05) is 0 Å². The molecule has 1 rings (SSSR count). The summed E-state index contributed by atoms with van der Waals surface area (Å²) in [7, 11) is 1.56. The van der Waals surface area contributed by atoms with Crippen molar-refractivity contribution in [1.82, 2.24) is 9.97 Å². The van der Waals surface area contributed by atoms with Crippen LogP contribution in [0.2, 0.25) is 0 Å². The molecular formula is C5H11ClN2O3S. The van der Waals surface area contributed by atoms with Gasteiger partial charge in [0.25, 0.3) is 0 Å². The van der Waals surface area contributed by atoms with Gasteiger partial charge in [0.1, 0.15) is 4.64 Å². The fraction of sp³-hybridized carbons (Fsp3) is 0.200. The molecule has 0 bridgehead atoms. The van der Waals surface area contributed by atoms with Crippen LogP contribution in [0, 0.1) is 4.64 Å². The van der Waals surface area contributed by atoms with E-state index in [0.29, 0.717) is 10.5 Å². The Bertz CT molecular complexity index is 254. The maximum atomic E-state index is 4.81. The molecule has 0 aliphatic rings. The lowest BCUT2D eigenvalue weighted by Gasteiger charge is -1.94. The van der Waals surface area contributed by atoms with Crippen molar-refractivity contribution in [3.8, 4) is 5.88 Å². The molecule has 0 aliphatic carbocycles. The summed E-state index contributed by atoms with van der Waals surface area (Å²) in [5.74, 6) is 0.586. The molecule has 5 N–H and O–H groups in total.